The molecule has 0 aliphatic carbocycles. The van der Waals surface area contributed by atoms with Gasteiger partial charge in [0.2, 0.25) is 11.0 Å². The highest BCUT2D eigenvalue weighted by atomic mass is 32.2. The number of ether oxygens (including phenoxy) is 2. The Balaban J connectivity index is 1.20. The van der Waals surface area contributed by atoms with Crippen molar-refractivity contribution in [3.05, 3.63) is 36.1 Å². The van der Waals surface area contributed by atoms with E-state index < -0.39 is 0 Å². The molecule has 3 aromatic rings. The zero-order valence-corrected chi connectivity index (χ0v) is 20.4. The lowest BCUT2D eigenvalue weighted by molar-refractivity contribution is -0.133. The highest BCUT2D eigenvalue weighted by Crippen LogP contribution is 2.29. The van der Waals surface area contributed by atoms with Gasteiger partial charge >= 0.3 is 0 Å². The van der Waals surface area contributed by atoms with Gasteiger partial charge in [0.1, 0.15) is 5.76 Å². The number of hydrogen-bond acceptors (Lipinski definition) is 11. The van der Waals surface area contributed by atoms with Crippen LogP contribution in [0.25, 0.3) is 0 Å². The molecule has 0 radical (unpaired) electrons. The van der Waals surface area contributed by atoms with Crippen molar-refractivity contribution in [2.24, 2.45) is 0 Å². The lowest BCUT2D eigenvalue weighted by Gasteiger charge is -2.34. The number of piperazine rings is 1. The fourth-order valence-electron chi connectivity index (χ4n) is 3.24. The Bertz CT molecular complexity index is 1130. The van der Waals surface area contributed by atoms with Crippen LogP contribution < -0.4 is 19.7 Å². The number of hydrogen-bond donors (Lipinski definition) is 1. The Hall–Kier alpha value is -3.32. The number of rotatable bonds is 9. The number of thioether (sulfide) groups is 1. The molecule has 1 N–H and O–H groups in total. The summed E-state index contributed by atoms with van der Waals surface area (Å²) in [5, 5.41) is 15.6. The Labute approximate surface area is 204 Å². The van der Waals surface area contributed by atoms with Gasteiger partial charge in [-0.25, -0.2) is 0 Å². The van der Waals surface area contributed by atoms with Gasteiger partial charge in [-0.3, -0.25) is 9.59 Å². The SMILES string of the molecule is COc1ccccc1OCC(=O)N1CCN(c2nnc(SCC(=O)Nc3cc(C)on3)s2)CC1. The van der Waals surface area contributed by atoms with Crippen molar-refractivity contribution in [2.45, 2.75) is 11.3 Å². The zero-order chi connectivity index (χ0) is 23.9. The lowest BCUT2D eigenvalue weighted by Crippen LogP contribution is -2.50. The van der Waals surface area contributed by atoms with E-state index in [0.29, 0.717) is 53.6 Å². The Kier molecular flexibility index (Phi) is 7.85. The first-order valence-corrected chi connectivity index (χ1v) is 12.3. The number of nitrogens with zero attached hydrogens (tertiary/aromatic N) is 5. The summed E-state index contributed by atoms with van der Waals surface area (Å²) in [4.78, 5) is 28.5. The predicted molar refractivity (Wildman–Crippen MR) is 128 cm³/mol. The van der Waals surface area contributed by atoms with Crippen LogP contribution in [0.5, 0.6) is 11.5 Å². The number of nitrogens with one attached hydrogen (secondary N) is 1. The summed E-state index contributed by atoms with van der Waals surface area (Å²) >= 11 is 2.73. The largest absolute Gasteiger partial charge is 0.493 e. The summed E-state index contributed by atoms with van der Waals surface area (Å²) < 4.78 is 16.5. The average Bonchev–Trinajstić information content (AvgIpc) is 3.50. The van der Waals surface area contributed by atoms with E-state index in [1.807, 2.05) is 12.1 Å². The fourth-order valence-corrected chi connectivity index (χ4v) is 4.93. The molecule has 1 fully saturated rings. The van der Waals surface area contributed by atoms with E-state index in [4.69, 9.17) is 14.0 Å². The number of carbonyl (C=O) groups excluding carboxylic acids is 2. The first-order chi connectivity index (χ1) is 16.5. The van der Waals surface area contributed by atoms with E-state index in [9.17, 15) is 9.59 Å². The summed E-state index contributed by atoms with van der Waals surface area (Å²) in [6, 6.07) is 8.89. The van der Waals surface area contributed by atoms with Crippen LogP contribution in [-0.2, 0) is 9.59 Å². The maximum Gasteiger partial charge on any atom is 0.260 e. The standard InChI is InChI=1S/C21H24N6O5S2/c1-14-11-17(25-32-14)22-18(28)13-33-21-24-23-20(34-21)27-9-7-26(8-10-27)19(29)12-31-16-6-4-3-5-15(16)30-2/h3-6,11H,7-10,12-13H2,1-2H3,(H,22,25,28). The normalized spacial score (nSPS) is 13.6. The van der Waals surface area contributed by atoms with Crippen molar-refractivity contribution in [1.82, 2.24) is 20.3 Å². The molecule has 3 heterocycles. The maximum absolute atomic E-state index is 12.6. The van der Waals surface area contributed by atoms with Gasteiger partial charge in [-0.2, -0.15) is 0 Å². The predicted octanol–water partition coefficient (Wildman–Crippen LogP) is 2.30. The molecule has 2 aromatic heterocycles. The monoisotopic (exact) mass is 504 g/mol. The molecule has 0 spiro atoms. The van der Waals surface area contributed by atoms with Crippen molar-refractivity contribution >= 4 is 45.9 Å². The van der Waals surface area contributed by atoms with E-state index in [2.05, 4.69) is 25.6 Å². The van der Waals surface area contributed by atoms with Gasteiger partial charge in [0.15, 0.2) is 28.3 Å². The molecule has 13 heteroatoms. The Morgan fingerprint density at radius 2 is 1.94 bits per heavy atom. The van der Waals surface area contributed by atoms with Crippen LogP contribution in [0.4, 0.5) is 10.9 Å². The van der Waals surface area contributed by atoms with Crippen LogP contribution in [0.2, 0.25) is 0 Å². The van der Waals surface area contributed by atoms with Gasteiger partial charge in [-0.05, 0) is 19.1 Å². The van der Waals surface area contributed by atoms with Crippen LogP contribution in [-0.4, -0.2) is 77.7 Å². The number of anilines is 2. The highest BCUT2D eigenvalue weighted by Gasteiger charge is 2.24. The van der Waals surface area contributed by atoms with E-state index in [1.165, 1.54) is 23.1 Å². The number of para-hydroxylation sites is 2. The van der Waals surface area contributed by atoms with E-state index in [-0.39, 0.29) is 24.2 Å². The quantitative estimate of drug-likeness (QED) is 0.434. The summed E-state index contributed by atoms with van der Waals surface area (Å²) in [7, 11) is 1.56. The van der Waals surface area contributed by atoms with Crippen LogP contribution >= 0.6 is 23.1 Å². The molecule has 1 aliphatic rings. The average molecular weight is 505 g/mol. The molecule has 1 aromatic carbocycles. The molecule has 11 nitrogen and oxygen atoms in total. The van der Waals surface area contributed by atoms with Crippen LogP contribution in [0.3, 0.4) is 0 Å². The Morgan fingerprint density at radius 1 is 1.18 bits per heavy atom. The minimum atomic E-state index is -0.197. The molecular formula is C21H24N6O5S2. The number of aromatic nitrogens is 3. The lowest BCUT2D eigenvalue weighted by atomic mass is 10.3. The third-order valence-electron chi connectivity index (χ3n) is 4.94. The van der Waals surface area contributed by atoms with Gasteiger partial charge in [-0.15, -0.1) is 10.2 Å². The first-order valence-electron chi connectivity index (χ1n) is 10.5. The highest BCUT2D eigenvalue weighted by molar-refractivity contribution is 8.01. The second-order valence-corrected chi connectivity index (χ2v) is 9.50. The van der Waals surface area contributed by atoms with Gasteiger partial charge in [0, 0.05) is 32.2 Å². The van der Waals surface area contributed by atoms with Gasteiger partial charge in [0.05, 0.1) is 12.9 Å². The summed E-state index contributed by atoms with van der Waals surface area (Å²) in [6.07, 6.45) is 0. The Morgan fingerprint density at radius 3 is 2.65 bits per heavy atom. The third kappa shape index (κ3) is 6.17. The molecule has 2 amide bonds. The summed E-state index contributed by atoms with van der Waals surface area (Å²) in [5.41, 5.74) is 0. The molecule has 1 aliphatic heterocycles. The van der Waals surface area contributed by atoms with Crippen LogP contribution in [0.15, 0.2) is 39.2 Å². The molecule has 1 saturated heterocycles. The molecule has 0 saturated carbocycles. The minimum absolute atomic E-state index is 0.0457. The van der Waals surface area contributed by atoms with Crippen molar-refractivity contribution in [2.75, 3.05) is 55.9 Å². The molecule has 180 valence electrons. The first kappa shape index (κ1) is 23.8. The maximum atomic E-state index is 12.6. The number of aryl methyl sites for hydroxylation is 1. The second kappa shape index (κ2) is 11.2. The van der Waals surface area contributed by atoms with E-state index >= 15 is 0 Å². The van der Waals surface area contributed by atoms with Gasteiger partial charge < -0.3 is 29.1 Å². The minimum Gasteiger partial charge on any atom is -0.493 e. The summed E-state index contributed by atoms with van der Waals surface area (Å²) in [5.74, 6) is 2.07. The number of benzene rings is 1. The number of carbonyl (C=O) groups is 2. The van der Waals surface area contributed by atoms with E-state index in [1.54, 1.807) is 37.1 Å². The van der Waals surface area contributed by atoms with E-state index in [0.717, 1.165) is 5.13 Å². The van der Waals surface area contributed by atoms with Gasteiger partial charge in [-0.1, -0.05) is 40.4 Å². The molecule has 0 bridgehead atoms. The molecular weight excluding hydrogens is 480 g/mol. The van der Waals surface area contributed by atoms with Crippen molar-refractivity contribution in [1.29, 1.82) is 0 Å². The van der Waals surface area contributed by atoms with Crippen molar-refractivity contribution in [3.8, 4) is 11.5 Å². The molecule has 0 unspecified atom stereocenters. The molecule has 34 heavy (non-hydrogen) atoms. The molecule has 0 atom stereocenters. The summed E-state index contributed by atoms with van der Waals surface area (Å²) in [6.45, 7) is 4.13. The van der Waals surface area contributed by atoms with Gasteiger partial charge in [0.25, 0.3) is 5.91 Å². The fraction of sp³-hybridized carbons (Fsp3) is 0.381. The second-order valence-electron chi connectivity index (χ2n) is 7.32. The van der Waals surface area contributed by atoms with Crippen LogP contribution in [0.1, 0.15) is 5.76 Å². The van der Waals surface area contributed by atoms with Crippen LogP contribution in [0, 0.1) is 6.92 Å². The van der Waals surface area contributed by atoms with Crippen molar-refractivity contribution in [3.63, 3.8) is 0 Å². The number of amides is 2. The zero-order valence-electron chi connectivity index (χ0n) is 18.7. The topological polar surface area (TPSA) is 123 Å². The molecule has 4 rings (SSSR count). The third-order valence-corrected chi connectivity index (χ3v) is 7.06. The number of methoxy groups -OCH3 is 1. The smallest absolute Gasteiger partial charge is 0.260 e. The van der Waals surface area contributed by atoms with Crippen molar-refractivity contribution < 1.29 is 23.6 Å².